The minimum absolute atomic E-state index is 0.195. The molecule has 1 heterocycles. The van der Waals surface area contributed by atoms with Crippen LogP contribution in [0.5, 0.6) is 0 Å². The van der Waals surface area contributed by atoms with Crippen LogP contribution in [0.2, 0.25) is 5.02 Å². The summed E-state index contributed by atoms with van der Waals surface area (Å²) >= 11 is 6.05. The van der Waals surface area contributed by atoms with Crippen LogP contribution in [0.25, 0.3) is 22.0 Å². The summed E-state index contributed by atoms with van der Waals surface area (Å²) in [6.45, 7) is 2.12. The molecule has 0 fully saturated rings. The Labute approximate surface area is 150 Å². The van der Waals surface area contributed by atoms with E-state index in [2.05, 4.69) is 4.98 Å². The average molecular weight is 356 g/mol. The molecule has 5 heteroatoms. The first kappa shape index (κ1) is 17.2. The summed E-state index contributed by atoms with van der Waals surface area (Å²) in [7, 11) is 0. The third-order valence-corrected chi connectivity index (χ3v) is 4.27. The lowest BCUT2D eigenvalue weighted by Gasteiger charge is -2.13. The van der Waals surface area contributed by atoms with Crippen molar-refractivity contribution >= 4 is 28.5 Å². The van der Waals surface area contributed by atoms with E-state index in [1.807, 2.05) is 36.4 Å². The molecule has 1 N–H and O–H groups in total. The zero-order valence-electron chi connectivity index (χ0n) is 13.8. The molecule has 0 amide bonds. The van der Waals surface area contributed by atoms with Gasteiger partial charge in [-0.3, -0.25) is 9.59 Å². The van der Waals surface area contributed by atoms with E-state index in [4.69, 9.17) is 16.3 Å². The van der Waals surface area contributed by atoms with Gasteiger partial charge in [0, 0.05) is 16.8 Å². The molecule has 3 aromatic rings. The molecule has 0 aliphatic heterocycles. The number of nitrogens with one attached hydrogen (secondary N) is 1. The number of aromatic nitrogens is 1. The Bertz CT molecular complexity index is 964. The van der Waals surface area contributed by atoms with Crippen LogP contribution in [0.1, 0.15) is 18.9 Å². The smallest absolute Gasteiger partial charge is 0.306 e. The molecule has 0 atom stereocenters. The van der Waals surface area contributed by atoms with Crippen LogP contribution in [-0.4, -0.2) is 17.6 Å². The van der Waals surface area contributed by atoms with Gasteiger partial charge in [-0.05, 0) is 36.6 Å². The first-order valence-corrected chi connectivity index (χ1v) is 8.53. The summed E-state index contributed by atoms with van der Waals surface area (Å²) in [4.78, 5) is 27.4. The van der Waals surface area contributed by atoms with Crippen LogP contribution in [0.4, 0.5) is 0 Å². The van der Waals surface area contributed by atoms with Crippen LogP contribution in [0.15, 0.2) is 53.3 Å². The topological polar surface area (TPSA) is 59.2 Å². The van der Waals surface area contributed by atoms with E-state index < -0.39 is 0 Å². The van der Waals surface area contributed by atoms with Gasteiger partial charge in [0.1, 0.15) is 0 Å². The third kappa shape index (κ3) is 3.74. The minimum Gasteiger partial charge on any atom is -0.466 e. The fraction of sp³-hybridized carbons (Fsp3) is 0.200. The lowest BCUT2D eigenvalue weighted by atomic mass is 9.94. The van der Waals surface area contributed by atoms with Gasteiger partial charge in [-0.1, -0.05) is 48.0 Å². The Hall–Kier alpha value is -2.59. The Morgan fingerprint density at radius 1 is 1.16 bits per heavy atom. The van der Waals surface area contributed by atoms with Crippen LogP contribution >= 0.6 is 11.6 Å². The Morgan fingerprint density at radius 3 is 2.64 bits per heavy atom. The summed E-state index contributed by atoms with van der Waals surface area (Å²) in [5, 5.41) is 1.43. The van der Waals surface area contributed by atoms with Gasteiger partial charge in [-0.15, -0.1) is 0 Å². The zero-order valence-corrected chi connectivity index (χ0v) is 14.6. The molecule has 128 valence electrons. The molecule has 0 spiro atoms. The number of aromatic amines is 1. The highest BCUT2D eigenvalue weighted by Gasteiger charge is 2.16. The molecule has 3 rings (SSSR count). The predicted octanol–water partition coefficient (Wildman–Crippen LogP) is 4.34. The number of carbonyl (C=O) groups excluding carboxylic acids is 1. The van der Waals surface area contributed by atoms with Crippen LogP contribution in [0.3, 0.4) is 0 Å². The predicted molar refractivity (Wildman–Crippen MR) is 100.0 cm³/mol. The first-order valence-electron chi connectivity index (χ1n) is 8.15. The molecule has 2 aromatic carbocycles. The number of ether oxygens (including phenoxy) is 1. The SMILES string of the molecule is CCOC(=O)CCc1c(-c2ccccc2)c(=O)[nH]c2cc(Cl)ccc12. The normalized spacial score (nSPS) is 10.8. The number of hydrogen-bond acceptors (Lipinski definition) is 3. The standard InChI is InChI=1S/C20H18ClNO3/c1-2-25-18(23)11-10-16-15-9-8-14(21)12-17(15)22-20(24)19(16)13-6-4-3-5-7-13/h3-9,12H,2,10-11H2,1H3,(H,22,24). The van der Waals surface area contributed by atoms with Crippen molar-refractivity contribution < 1.29 is 9.53 Å². The number of rotatable bonds is 5. The molecule has 4 nitrogen and oxygen atoms in total. The van der Waals surface area contributed by atoms with Gasteiger partial charge in [-0.2, -0.15) is 0 Å². The van der Waals surface area contributed by atoms with Crippen molar-refractivity contribution in [1.82, 2.24) is 4.98 Å². The van der Waals surface area contributed by atoms with Gasteiger partial charge >= 0.3 is 5.97 Å². The van der Waals surface area contributed by atoms with Crippen molar-refractivity contribution in [3.8, 4) is 11.1 Å². The number of halogens is 1. The van der Waals surface area contributed by atoms with Crippen molar-refractivity contribution in [2.24, 2.45) is 0 Å². The van der Waals surface area contributed by atoms with Crippen molar-refractivity contribution in [3.05, 3.63) is 69.5 Å². The summed E-state index contributed by atoms with van der Waals surface area (Å²) in [6.07, 6.45) is 0.639. The van der Waals surface area contributed by atoms with E-state index in [1.165, 1.54) is 0 Å². The van der Waals surface area contributed by atoms with Gasteiger partial charge in [0.25, 0.3) is 5.56 Å². The molecule has 0 unspecified atom stereocenters. The highest BCUT2D eigenvalue weighted by atomic mass is 35.5. The van der Waals surface area contributed by atoms with Gasteiger partial charge in [-0.25, -0.2) is 0 Å². The molecule has 0 saturated heterocycles. The van der Waals surface area contributed by atoms with E-state index in [-0.39, 0.29) is 17.9 Å². The maximum absolute atomic E-state index is 12.7. The molecular formula is C20H18ClNO3. The Kier molecular flexibility index (Phi) is 5.19. The molecule has 0 aliphatic rings. The number of H-pyrrole nitrogens is 1. The minimum atomic E-state index is -0.274. The highest BCUT2D eigenvalue weighted by molar-refractivity contribution is 6.31. The van der Waals surface area contributed by atoms with E-state index in [0.29, 0.717) is 29.1 Å². The third-order valence-electron chi connectivity index (χ3n) is 4.03. The van der Waals surface area contributed by atoms with Crippen LogP contribution in [0, 0.1) is 0 Å². The van der Waals surface area contributed by atoms with Crippen LogP contribution in [-0.2, 0) is 16.0 Å². The van der Waals surface area contributed by atoms with Crippen molar-refractivity contribution in [2.45, 2.75) is 19.8 Å². The maximum Gasteiger partial charge on any atom is 0.306 e. The van der Waals surface area contributed by atoms with Crippen molar-refractivity contribution in [2.75, 3.05) is 6.61 Å². The molecule has 0 radical (unpaired) electrons. The second-order valence-electron chi connectivity index (χ2n) is 5.67. The van der Waals surface area contributed by atoms with Gasteiger partial charge in [0.2, 0.25) is 0 Å². The fourth-order valence-electron chi connectivity index (χ4n) is 2.97. The molecule has 0 saturated carbocycles. The van der Waals surface area contributed by atoms with Gasteiger partial charge < -0.3 is 9.72 Å². The molecule has 0 aliphatic carbocycles. The molecular weight excluding hydrogens is 338 g/mol. The number of hydrogen-bond donors (Lipinski definition) is 1. The van der Waals surface area contributed by atoms with Crippen LogP contribution < -0.4 is 5.56 Å². The zero-order chi connectivity index (χ0) is 17.8. The van der Waals surface area contributed by atoms with E-state index in [0.717, 1.165) is 16.5 Å². The number of carbonyl (C=O) groups is 1. The lowest BCUT2D eigenvalue weighted by molar-refractivity contribution is -0.143. The van der Waals surface area contributed by atoms with Crippen molar-refractivity contribution in [3.63, 3.8) is 0 Å². The number of aryl methyl sites for hydroxylation is 1. The fourth-order valence-corrected chi connectivity index (χ4v) is 3.14. The maximum atomic E-state index is 12.7. The highest BCUT2D eigenvalue weighted by Crippen LogP contribution is 2.28. The van der Waals surface area contributed by atoms with Gasteiger partial charge in [0.15, 0.2) is 0 Å². The molecule has 1 aromatic heterocycles. The van der Waals surface area contributed by atoms with Gasteiger partial charge in [0.05, 0.1) is 17.7 Å². The quantitative estimate of drug-likeness (QED) is 0.692. The summed E-state index contributed by atoms with van der Waals surface area (Å²) in [5.74, 6) is -0.274. The largest absolute Gasteiger partial charge is 0.466 e. The van der Waals surface area contributed by atoms with E-state index >= 15 is 0 Å². The number of pyridine rings is 1. The lowest BCUT2D eigenvalue weighted by Crippen LogP contribution is -2.14. The number of esters is 1. The molecule has 0 bridgehead atoms. The monoisotopic (exact) mass is 355 g/mol. The van der Waals surface area contributed by atoms with E-state index in [1.54, 1.807) is 19.1 Å². The Morgan fingerprint density at radius 2 is 1.92 bits per heavy atom. The summed E-state index contributed by atoms with van der Waals surface area (Å²) in [6, 6.07) is 14.8. The average Bonchev–Trinajstić information content (AvgIpc) is 2.60. The first-order chi connectivity index (χ1) is 12.1. The number of benzene rings is 2. The summed E-state index contributed by atoms with van der Waals surface area (Å²) < 4.78 is 5.02. The van der Waals surface area contributed by atoms with Crippen molar-refractivity contribution in [1.29, 1.82) is 0 Å². The Balaban J connectivity index is 2.18. The van der Waals surface area contributed by atoms with E-state index in [9.17, 15) is 9.59 Å². The second kappa shape index (κ2) is 7.53. The number of fused-ring (bicyclic) bond motifs is 1. The summed E-state index contributed by atoms with van der Waals surface area (Å²) in [5.41, 5.74) is 2.70. The molecule has 25 heavy (non-hydrogen) atoms. The second-order valence-corrected chi connectivity index (χ2v) is 6.11.